The summed E-state index contributed by atoms with van der Waals surface area (Å²) in [5.41, 5.74) is -2.38. The molecule has 2 rings (SSSR count). The van der Waals surface area contributed by atoms with Gasteiger partial charge in [0.2, 0.25) is 6.41 Å². The number of halogens is 3. The zero-order valence-corrected chi connectivity index (χ0v) is 16.5. The van der Waals surface area contributed by atoms with Gasteiger partial charge < -0.3 is 19.5 Å². The highest BCUT2D eigenvalue weighted by Gasteiger charge is 2.54. The predicted octanol–water partition coefficient (Wildman–Crippen LogP) is 2.61. The summed E-state index contributed by atoms with van der Waals surface area (Å²) < 4.78 is 40.5. The molecule has 1 aromatic rings. The zero-order valence-electron chi connectivity index (χ0n) is 16.5. The number of aromatic nitrogens is 2. The summed E-state index contributed by atoms with van der Waals surface area (Å²) in [4.78, 5) is 31.0. The normalized spacial score (nSPS) is 23.0. The number of hydrogen-bond donors (Lipinski definition) is 1. The molecule has 2 amide bonds. The molecule has 0 aliphatic heterocycles. The molecule has 1 aromatic heterocycles. The quantitative estimate of drug-likeness (QED) is 0.740. The number of anilines is 1. The van der Waals surface area contributed by atoms with E-state index in [4.69, 9.17) is 0 Å². The Kier molecular flexibility index (Phi) is 6.42. The number of amides is 2. The first-order valence-electron chi connectivity index (χ1n) is 9.20. The van der Waals surface area contributed by atoms with E-state index in [2.05, 4.69) is 4.98 Å². The maximum Gasteiger partial charge on any atom is 0.417 e. The van der Waals surface area contributed by atoms with Gasteiger partial charge in [0, 0.05) is 26.7 Å². The van der Waals surface area contributed by atoms with E-state index in [0.29, 0.717) is 6.41 Å². The number of aliphatic hydroxyl groups is 1. The van der Waals surface area contributed by atoms with E-state index in [9.17, 15) is 27.9 Å². The van der Waals surface area contributed by atoms with Crippen molar-refractivity contribution in [2.24, 2.45) is 5.92 Å². The van der Waals surface area contributed by atoms with E-state index < -0.39 is 11.8 Å². The van der Waals surface area contributed by atoms with Crippen molar-refractivity contribution < 1.29 is 27.9 Å². The second-order valence-electron chi connectivity index (χ2n) is 7.79. The highest BCUT2D eigenvalue weighted by molar-refractivity contribution is 5.99. The van der Waals surface area contributed by atoms with Crippen molar-refractivity contribution in [1.29, 1.82) is 0 Å². The summed E-state index contributed by atoms with van der Waals surface area (Å²) in [6.07, 6.45) is -2.97. The summed E-state index contributed by atoms with van der Waals surface area (Å²) in [6, 6.07) is -0.0647. The minimum Gasteiger partial charge on any atom is -0.380 e. The molecule has 0 atom stereocenters. The van der Waals surface area contributed by atoms with Crippen LogP contribution in [0, 0.1) is 5.92 Å². The van der Waals surface area contributed by atoms with Crippen LogP contribution in [0.5, 0.6) is 0 Å². The van der Waals surface area contributed by atoms with Crippen molar-refractivity contribution >= 4 is 18.1 Å². The Balaban J connectivity index is 2.12. The van der Waals surface area contributed by atoms with Crippen LogP contribution >= 0.6 is 0 Å². The number of imidazole rings is 1. The van der Waals surface area contributed by atoms with Gasteiger partial charge in [0.15, 0.2) is 17.1 Å². The topological polar surface area (TPSA) is 78.7 Å². The van der Waals surface area contributed by atoms with Crippen LogP contribution in [0.3, 0.4) is 0 Å². The van der Waals surface area contributed by atoms with Gasteiger partial charge in [0.05, 0.1) is 6.33 Å². The summed E-state index contributed by atoms with van der Waals surface area (Å²) in [6.45, 7) is 4.02. The highest BCUT2D eigenvalue weighted by Crippen LogP contribution is 2.43. The van der Waals surface area contributed by atoms with Crippen LogP contribution in [0.2, 0.25) is 0 Å². The fraction of sp³-hybridized carbons (Fsp3) is 0.722. The minimum absolute atomic E-state index is 0.0647. The first kappa shape index (κ1) is 22.2. The molecule has 1 aliphatic carbocycles. The molecule has 1 aliphatic rings. The van der Waals surface area contributed by atoms with Crippen LogP contribution in [0.15, 0.2) is 6.33 Å². The average Bonchev–Trinajstić information content (AvgIpc) is 3.06. The molecule has 0 unspecified atom stereocenters. The first-order chi connectivity index (χ1) is 12.9. The van der Waals surface area contributed by atoms with Crippen molar-refractivity contribution in [3.8, 4) is 0 Å². The maximum absolute atomic E-state index is 13.0. The molecular formula is C18H27F3N4O3. The lowest BCUT2D eigenvalue weighted by Crippen LogP contribution is -2.48. The molecule has 7 nitrogen and oxygen atoms in total. The Bertz CT molecular complexity index is 709. The standard InChI is InChI=1S/C18H27F3N4O3/c1-12(2)25-10-22-15(24(4)11-26)14(25)16(27)23(3)9-13-5-7-17(28,8-6-13)18(19,20)21/h10-13,28H,5-9H2,1-4H3. The smallest absolute Gasteiger partial charge is 0.380 e. The average molecular weight is 404 g/mol. The molecule has 1 N–H and O–H groups in total. The van der Waals surface area contributed by atoms with E-state index in [0.717, 1.165) is 0 Å². The van der Waals surface area contributed by atoms with E-state index in [1.165, 1.54) is 23.2 Å². The maximum atomic E-state index is 13.0. The molecule has 0 bridgehead atoms. The molecule has 1 saturated carbocycles. The van der Waals surface area contributed by atoms with Gasteiger partial charge in [0.1, 0.15) is 0 Å². The lowest BCUT2D eigenvalue weighted by molar-refractivity contribution is -0.272. The predicted molar refractivity (Wildman–Crippen MR) is 97.0 cm³/mol. The van der Waals surface area contributed by atoms with E-state index in [1.54, 1.807) is 11.6 Å². The summed E-state index contributed by atoms with van der Waals surface area (Å²) in [7, 11) is 3.07. The van der Waals surface area contributed by atoms with Crippen LogP contribution in [0.25, 0.3) is 0 Å². The molecule has 158 valence electrons. The molecule has 0 aromatic carbocycles. The third-order valence-corrected chi connectivity index (χ3v) is 5.36. The van der Waals surface area contributed by atoms with Crippen molar-refractivity contribution in [2.45, 2.75) is 57.3 Å². The number of hydrogen-bond acceptors (Lipinski definition) is 4. The van der Waals surface area contributed by atoms with E-state index in [-0.39, 0.29) is 61.6 Å². The van der Waals surface area contributed by atoms with Crippen LogP contribution in [0.1, 0.15) is 56.1 Å². The van der Waals surface area contributed by atoms with Crippen molar-refractivity contribution in [3.63, 3.8) is 0 Å². The second-order valence-corrected chi connectivity index (χ2v) is 7.79. The van der Waals surface area contributed by atoms with Crippen molar-refractivity contribution in [2.75, 3.05) is 25.5 Å². The minimum atomic E-state index is -4.64. The van der Waals surface area contributed by atoms with Gasteiger partial charge in [0.25, 0.3) is 5.91 Å². The van der Waals surface area contributed by atoms with Crippen molar-refractivity contribution in [1.82, 2.24) is 14.5 Å². The van der Waals surface area contributed by atoms with Gasteiger partial charge in [-0.2, -0.15) is 13.2 Å². The molecule has 0 spiro atoms. The summed E-state index contributed by atoms with van der Waals surface area (Å²) >= 11 is 0. The van der Waals surface area contributed by atoms with Gasteiger partial charge in [-0.25, -0.2) is 4.98 Å². The Labute approximate surface area is 162 Å². The van der Waals surface area contributed by atoms with Crippen LogP contribution in [-0.2, 0) is 4.79 Å². The lowest BCUT2D eigenvalue weighted by atomic mass is 9.78. The number of rotatable bonds is 6. The fourth-order valence-corrected chi connectivity index (χ4v) is 3.53. The van der Waals surface area contributed by atoms with Crippen LogP contribution < -0.4 is 4.90 Å². The molecule has 28 heavy (non-hydrogen) atoms. The van der Waals surface area contributed by atoms with E-state index in [1.807, 2.05) is 13.8 Å². The molecule has 1 heterocycles. The fourth-order valence-electron chi connectivity index (χ4n) is 3.53. The van der Waals surface area contributed by atoms with Gasteiger partial charge in [-0.05, 0) is 45.4 Å². The van der Waals surface area contributed by atoms with Gasteiger partial charge >= 0.3 is 6.18 Å². The largest absolute Gasteiger partial charge is 0.417 e. The SMILES string of the molecule is CC(C)n1cnc(N(C)C=O)c1C(=O)N(C)CC1CCC(O)(C(F)(F)F)CC1. The summed E-state index contributed by atoms with van der Waals surface area (Å²) in [5.74, 6) is -0.263. The third-order valence-electron chi connectivity index (χ3n) is 5.36. The number of nitrogens with zero attached hydrogens (tertiary/aromatic N) is 4. The highest BCUT2D eigenvalue weighted by atomic mass is 19.4. The summed E-state index contributed by atoms with van der Waals surface area (Å²) in [5, 5.41) is 9.79. The second kappa shape index (κ2) is 8.10. The number of carbonyl (C=O) groups excluding carboxylic acids is 2. The van der Waals surface area contributed by atoms with Gasteiger partial charge in [-0.3, -0.25) is 9.59 Å². The monoisotopic (exact) mass is 404 g/mol. The Morgan fingerprint density at radius 3 is 2.43 bits per heavy atom. The van der Waals surface area contributed by atoms with Gasteiger partial charge in [-0.1, -0.05) is 0 Å². The molecular weight excluding hydrogens is 377 g/mol. The Morgan fingerprint density at radius 1 is 1.39 bits per heavy atom. The Hall–Kier alpha value is -2.10. The first-order valence-corrected chi connectivity index (χ1v) is 9.20. The van der Waals surface area contributed by atoms with E-state index >= 15 is 0 Å². The lowest BCUT2D eigenvalue weighted by Gasteiger charge is -2.38. The van der Waals surface area contributed by atoms with Crippen LogP contribution in [0.4, 0.5) is 19.0 Å². The Morgan fingerprint density at radius 2 is 1.96 bits per heavy atom. The van der Waals surface area contributed by atoms with Gasteiger partial charge in [-0.15, -0.1) is 0 Å². The number of alkyl halides is 3. The molecule has 0 saturated heterocycles. The van der Waals surface area contributed by atoms with Crippen molar-refractivity contribution in [3.05, 3.63) is 12.0 Å². The van der Waals surface area contributed by atoms with Crippen LogP contribution in [-0.4, -0.2) is 64.3 Å². The zero-order chi connectivity index (χ0) is 21.3. The third kappa shape index (κ3) is 4.31. The molecule has 10 heteroatoms. The molecule has 0 radical (unpaired) electrons. The number of carbonyl (C=O) groups is 2. The molecule has 1 fully saturated rings.